The second-order valence-electron chi connectivity index (χ2n) is 4.10. The minimum atomic E-state index is -0.813. The Morgan fingerprint density at radius 1 is 1.39 bits per heavy atom. The average Bonchev–Trinajstić information content (AvgIpc) is 2.85. The van der Waals surface area contributed by atoms with E-state index in [4.69, 9.17) is 0 Å². The van der Waals surface area contributed by atoms with Crippen molar-refractivity contribution in [3.8, 4) is 0 Å². The summed E-state index contributed by atoms with van der Waals surface area (Å²) in [5.41, 5.74) is 0.342. The number of aromatic amines is 1. The van der Waals surface area contributed by atoms with Gasteiger partial charge in [-0.2, -0.15) is 0 Å². The molecular weight excluding hydrogens is 236 g/mol. The molecule has 0 aliphatic rings. The van der Waals surface area contributed by atoms with Crippen molar-refractivity contribution in [2.45, 2.75) is 19.4 Å². The van der Waals surface area contributed by atoms with E-state index in [-0.39, 0.29) is 6.04 Å². The molecule has 2 rings (SSSR count). The SMILES string of the molecule is CC(NCCc1ncc[nH]1)c1cccc(F)c1F. The van der Waals surface area contributed by atoms with Gasteiger partial charge in [-0.25, -0.2) is 13.8 Å². The maximum absolute atomic E-state index is 13.5. The Labute approximate surface area is 104 Å². The molecule has 2 N–H and O–H groups in total. The average molecular weight is 251 g/mol. The van der Waals surface area contributed by atoms with Crippen LogP contribution in [0.1, 0.15) is 24.4 Å². The molecule has 0 saturated carbocycles. The predicted molar refractivity (Wildman–Crippen MR) is 65.1 cm³/mol. The topological polar surface area (TPSA) is 40.7 Å². The first-order chi connectivity index (χ1) is 8.68. The zero-order valence-electron chi connectivity index (χ0n) is 10.1. The molecule has 0 aliphatic carbocycles. The van der Waals surface area contributed by atoms with Crippen molar-refractivity contribution in [3.05, 3.63) is 53.6 Å². The van der Waals surface area contributed by atoms with Crippen LogP contribution < -0.4 is 5.32 Å². The van der Waals surface area contributed by atoms with E-state index < -0.39 is 11.6 Å². The van der Waals surface area contributed by atoms with Crippen LogP contribution in [0, 0.1) is 11.6 Å². The van der Waals surface area contributed by atoms with Crippen LogP contribution in [0.4, 0.5) is 8.78 Å². The van der Waals surface area contributed by atoms with E-state index in [0.717, 1.165) is 11.9 Å². The fraction of sp³-hybridized carbons (Fsp3) is 0.308. The third-order valence-corrected chi connectivity index (χ3v) is 2.82. The number of H-pyrrole nitrogens is 1. The second-order valence-corrected chi connectivity index (χ2v) is 4.10. The molecule has 0 saturated heterocycles. The number of rotatable bonds is 5. The summed E-state index contributed by atoms with van der Waals surface area (Å²) < 4.78 is 26.6. The maximum Gasteiger partial charge on any atom is 0.163 e. The third-order valence-electron chi connectivity index (χ3n) is 2.82. The van der Waals surface area contributed by atoms with Gasteiger partial charge >= 0.3 is 0 Å². The van der Waals surface area contributed by atoms with Gasteiger partial charge in [-0.05, 0) is 13.0 Å². The lowest BCUT2D eigenvalue weighted by Gasteiger charge is -2.14. The summed E-state index contributed by atoms with van der Waals surface area (Å²) >= 11 is 0. The molecule has 0 amide bonds. The Hall–Kier alpha value is -1.75. The summed E-state index contributed by atoms with van der Waals surface area (Å²) in [7, 11) is 0. The standard InChI is InChI=1S/C13H15F2N3/c1-9(10-3-2-4-11(14)13(10)15)16-6-5-12-17-7-8-18-12/h2-4,7-9,16H,5-6H2,1H3,(H,17,18). The van der Waals surface area contributed by atoms with E-state index in [1.54, 1.807) is 25.4 Å². The molecule has 5 heteroatoms. The van der Waals surface area contributed by atoms with Crippen molar-refractivity contribution in [1.29, 1.82) is 0 Å². The molecule has 18 heavy (non-hydrogen) atoms. The van der Waals surface area contributed by atoms with Crippen LogP contribution >= 0.6 is 0 Å². The second kappa shape index (κ2) is 5.73. The Morgan fingerprint density at radius 3 is 2.94 bits per heavy atom. The van der Waals surface area contributed by atoms with E-state index in [9.17, 15) is 8.78 Å². The zero-order valence-corrected chi connectivity index (χ0v) is 10.1. The Morgan fingerprint density at radius 2 is 2.22 bits per heavy atom. The van der Waals surface area contributed by atoms with E-state index in [1.165, 1.54) is 6.07 Å². The molecule has 0 radical (unpaired) electrons. The van der Waals surface area contributed by atoms with Crippen molar-refractivity contribution in [1.82, 2.24) is 15.3 Å². The van der Waals surface area contributed by atoms with Gasteiger partial charge < -0.3 is 10.3 Å². The smallest absolute Gasteiger partial charge is 0.163 e. The minimum absolute atomic E-state index is 0.240. The fourth-order valence-electron chi connectivity index (χ4n) is 1.81. The molecule has 1 heterocycles. The van der Waals surface area contributed by atoms with Crippen LogP contribution in [0.2, 0.25) is 0 Å². The first-order valence-electron chi connectivity index (χ1n) is 5.84. The van der Waals surface area contributed by atoms with E-state index in [0.29, 0.717) is 18.5 Å². The molecule has 2 aromatic rings. The van der Waals surface area contributed by atoms with Gasteiger partial charge in [-0.1, -0.05) is 12.1 Å². The molecule has 0 spiro atoms. The first kappa shape index (κ1) is 12.7. The lowest BCUT2D eigenvalue weighted by atomic mass is 10.1. The molecule has 0 aliphatic heterocycles. The molecule has 1 aromatic heterocycles. The first-order valence-corrected chi connectivity index (χ1v) is 5.84. The fourth-order valence-corrected chi connectivity index (χ4v) is 1.81. The van der Waals surface area contributed by atoms with Crippen LogP contribution in [0.15, 0.2) is 30.6 Å². The van der Waals surface area contributed by atoms with Crippen LogP contribution in [0.25, 0.3) is 0 Å². The number of imidazole rings is 1. The highest BCUT2D eigenvalue weighted by Crippen LogP contribution is 2.18. The third kappa shape index (κ3) is 2.92. The quantitative estimate of drug-likeness (QED) is 0.857. The normalized spacial score (nSPS) is 12.6. The lowest BCUT2D eigenvalue weighted by molar-refractivity contribution is 0.473. The highest BCUT2D eigenvalue weighted by Gasteiger charge is 2.13. The molecule has 0 fully saturated rings. The maximum atomic E-state index is 13.5. The summed E-state index contributed by atoms with van der Waals surface area (Å²) in [5.74, 6) is -0.725. The number of hydrogen-bond donors (Lipinski definition) is 2. The highest BCUT2D eigenvalue weighted by atomic mass is 19.2. The molecule has 1 unspecified atom stereocenters. The Balaban J connectivity index is 1.91. The summed E-state index contributed by atoms with van der Waals surface area (Å²) in [6.07, 6.45) is 4.16. The van der Waals surface area contributed by atoms with Crippen molar-refractivity contribution in [2.75, 3.05) is 6.54 Å². The Kier molecular flexibility index (Phi) is 4.04. The van der Waals surface area contributed by atoms with E-state index in [1.807, 2.05) is 0 Å². The number of nitrogens with zero attached hydrogens (tertiary/aromatic N) is 1. The van der Waals surface area contributed by atoms with Crippen LogP contribution in [0.3, 0.4) is 0 Å². The zero-order chi connectivity index (χ0) is 13.0. The van der Waals surface area contributed by atoms with Crippen molar-refractivity contribution in [2.24, 2.45) is 0 Å². The highest BCUT2D eigenvalue weighted by molar-refractivity contribution is 5.21. The number of benzene rings is 1. The molecule has 3 nitrogen and oxygen atoms in total. The van der Waals surface area contributed by atoms with Crippen LogP contribution in [-0.2, 0) is 6.42 Å². The summed E-state index contributed by atoms with van der Waals surface area (Å²) in [6, 6.07) is 3.98. The van der Waals surface area contributed by atoms with Crippen molar-refractivity contribution >= 4 is 0 Å². The van der Waals surface area contributed by atoms with Gasteiger partial charge in [0.25, 0.3) is 0 Å². The molecule has 1 atom stereocenters. The predicted octanol–water partition coefficient (Wildman–Crippen LogP) is 2.58. The van der Waals surface area contributed by atoms with Crippen molar-refractivity contribution in [3.63, 3.8) is 0 Å². The number of halogens is 2. The van der Waals surface area contributed by atoms with Gasteiger partial charge in [0.05, 0.1) is 0 Å². The minimum Gasteiger partial charge on any atom is -0.349 e. The van der Waals surface area contributed by atoms with Gasteiger partial charge in [0.2, 0.25) is 0 Å². The van der Waals surface area contributed by atoms with Gasteiger partial charge in [-0.3, -0.25) is 0 Å². The molecular formula is C13H15F2N3. The largest absolute Gasteiger partial charge is 0.349 e. The van der Waals surface area contributed by atoms with Gasteiger partial charge in [0.15, 0.2) is 11.6 Å². The Bertz CT molecular complexity index is 497. The molecule has 1 aromatic carbocycles. The van der Waals surface area contributed by atoms with Crippen LogP contribution in [0.5, 0.6) is 0 Å². The van der Waals surface area contributed by atoms with Gasteiger partial charge in [0.1, 0.15) is 5.82 Å². The van der Waals surface area contributed by atoms with Crippen molar-refractivity contribution < 1.29 is 8.78 Å². The number of aromatic nitrogens is 2. The van der Waals surface area contributed by atoms with E-state index >= 15 is 0 Å². The monoisotopic (exact) mass is 251 g/mol. The van der Waals surface area contributed by atoms with Crippen LogP contribution in [-0.4, -0.2) is 16.5 Å². The lowest BCUT2D eigenvalue weighted by Crippen LogP contribution is -2.22. The molecule has 0 bridgehead atoms. The van der Waals surface area contributed by atoms with Gasteiger partial charge in [0, 0.05) is 37.0 Å². The summed E-state index contributed by atoms with van der Waals surface area (Å²) in [6.45, 7) is 2.45. The van der Waals surface area contributed by atoms with Gasteiger partial charge in [-0.15, -0.1) is 0 Å². The molecule has 96 valence electrons. The number of nitrogens with one attached hydrogen (secondary N) is 2. The van der Waals surface area contributed by atoms with E-state index in [2.05, 4.69) is 15.3 Å². The number of hydrogen-bond acceptors (Lipinski definition) is 2. The summed E-state index contributed by atoms with van der Waals surface area (Å²) in [5, 5.41) is 3.14. The summed E-state index contributed by atoms with van der Waals surface area (Å²) in [4.78, 5) is 7.07.